The number of nitrogens with zero attached hydrogens (tertiary/aromatic N) is 2. The lowest BCUT2D eigenvalue weighted by Crippen LogP contribution is -2.48. The Morgan fingerprint density at radius 3 is 2.38 bits per heavy atom. The summed E-state index contributed by atoms with van der Waals surface area (Å²) < 4.78 is 7.19. The number of piperidine rings is 1. The fourth-order valence-electron chi connectivity index (χ4n) is 4.43. The third-order valence-corrected chi connectivity index (χ3v) is 6.15. The molecular weight excluding hydrogens is 328 g/mol. The average molecular weight is 351 g/mol. The second-order valence-electron chi connectivity index (χ2n) is 6.69. The molecule has 0 aromatic heterocycles. The smallest absolute Gasteiger partial charge is 0.137 e. The average Bonchev–Trinajstić information content (AvgIpc) is 3.02. The van der Waals surface area contributed by atoms with Crippen LogP contribution in [0.2, 0.25) is 0 Å². The minimum Gasteiger partial charge on any atom is -0.358 e. The Hall–Kier alpha value is -0.420. The maximum Gasteiger partial charge on any atom is 0.137 e. The SMILES string of the molecule is CN1[C@@H]2CC[C@H]1CC(N1CCO[C@H]1c1ccc(Br)cc1)C2. The van der Waals surface area contributed by atoms with Crippen molar-refractivity contribution in [1.82, 2.24) is 9.80 Å². The van der Waals surface area contributed by atoms with E-state index >= 15 is 0 Å². The zero-order valence-corrected chi connectivity index (χ0v) is 14.1. The zero-order valence-electron chi connectivity index (χ0n) is 12.5. The molecule has 0 saturated carbocycles. The molecule has 2 bridgehead atoms. The Bertz CT molecular complexity index is 492. The molecule has 1 aromatic carbocycles. The molecule has 1 aromatic rings. The molecule has 0 spiro atoms. The Morgan fingerprint density at radius 1 is 1.05 bits per heavy atom. The van der Waals surface area contributed by atoms with E-state index in [9.17, 15) is 0 Å². The molecule has 4 atom stereocenters. The minimum atomic E-state index is 0.158. The van der Waals surface area contributed by atoms with E-state index in [1.54, 1.807) is 0 Å². The minimum absolute atomic E-state index is 0.158. The van der Waals surface area contributed by atoms with E-state index in [4.69, 9.17) is 4.74 Å². The molecule has 4 heteroatoms. The van der Waals surface area contributed by atoms with Crippen LogP contribution in [0.25, 0.3) is 0 Å². The molecule has 4 rings (SSSR count). The van der Waals surface area contributed by atoms with Crippen LogP contribution in [-0.4, -0.2) is 48.1 Å². The van der Waals surface area contributed by atoms with E-state index in [-0.39, 0.29) is 6.23 Å². The molecule has 21 heavy (non-hydrogen) atoms. The predicted molar refractivity (Wildman–Crippen MR) is 87.1 cm³/mol. The number of ether oxygens (including phenoxy) is 1. The van der Waals surface area contributed by atoms with Crippen LogP contribution >= 0.6 is 15.9 Å². The summed E-state index contributed by atoms with van der Waals surface area (Å²) >= 11 is 3.52. The molecule has 3 nitrogen and oxygen atoms in total. The van der Waals surface area contributed by atoms with E-state index < -0.39 is 0 Å². The molecule has 3 heterocycles. The fraction of sp³-hybridized carbons (Fsp3) is 0.647. The zero-order chi connectivity index (χ0) is 14.4. The van der Waals surface area contributed by atoms with Crippen LogP contribution in [0.1, 0.15) is 37.5 Å². The van der Waals surface area contributed by atoms with Crippen molar-refractivity contribution >= 4 is 15.9 Å². The standard InChI is InChI=1S/C17H23BrN2O/c1-19-14-6-7-15(19)11-16(10-14)20-8-9-21-17(20)12-2-4-13(18)5-3-12/h2-5,14-17H,6-11H2,1H3/t14-,15+,16?,17-/m0/s1. The maximum atomic E-state index is 6.06. The van der Waals surface area contributed by atoms with Gasteiger partial charge in [-0.3, -0.25) is 4.90 Å². The highest BCUT2D eigenvalue weighted by molar-refractivity contribution is 9.10. The lowest BCUT2D eigenvalue weighted by Gasteiger charge is -2.41. The van der Waals surface area contributed by atoms with Gasteiger partial charge in [-0.1, -0.05) is 28.1 Å². The summed E-state index contributed by atoms with van der Waals surface area (Å²) in [6, 6.07) is 10.9. The van der Waals surface area contributed by atoms with E-state index in [0.29, 0.717) is 6.04 Å². The van der Waals surface area contributed by atoms with Gasteiger partial charge in [0.1, 0.15) is 6.23 Å². The Morgan fingerprint density at radius 2 is 1.71 bits per heavy atom. The number of hydrogen-bond acceptors (Lipinski definition) is 3. The highest BCUT2D eigenvalue weighted by atomic mass is 79.9. The Balaban J connectivity index is 1.53. The van der Waals surface area contributed by atoms with Gasteiger partial charge in [-0.2, -0.15) is 0 Å². The van der Waals surface area contributed by atoms with Crippen molar-refractivity contribution in [2.75, 3.05) is 20.2 Å². The van der Waals surface area contributed by atoms with E-state index in [2.05, 4.69) is 57.0 Å². The second kappa shape index (κ2) is 5.65. The van der Waals surface area contributed by atoms with Gasteiger partial charge in [0.2, 0.25) is 0 Å². The van der Waals surface area contributed by atoms with Crippen molar-refractivity contribution in [3.63, 3.8) is 0 Å². The van der Waals surface area contributed by atoms with Crippen molar-refractivity contribution < 1.29 is 4.74 Å². The first kappa shape index (κ1) is 14.2. The lowest BCUT2D eigenvalue weighted by atomic mass is 9.96. The molecule has 3 saturated heterocycles. The topological polar surface area (TPSA) is 15.7 Å². The molecule has 0 aliphatic carbocycles. The largest absolute Gasteiger partial charge is 0.358 e. The van der Waals surface area contributed by atoms with Gasteiger partial charge in [0.25, 0.3) is 0 Å². The first-order valence-electron chi connectivity index (χ1n) is 8.07. The quantitative estimate of drug-likeness (QED) is 0.812. The fourth-order valence-corrected chi connectivity index (χ4v) is 4.69. The lowest BCUT2D eigenvalue weighted by molar-refractivity contribution is -0.0145. The van der Waals surface area contributed by atoms with Gasteiger partial charge in [0.15, 0.2) is 0 Å². The van der Waals surface area contributed by atoms with Crippen molar-refractivity contribution in [3.8, 4) is 0 Å². The van der Waals surface area contributed by atoms with Crippen molar-refractivity contribution in [2.45, 2.75) is 50.0 Å². The van der Waals surface area contributed by atoms with Crippen LogP contribution in [0, 0.1) is 0 Å². The molecule has 3 aliphatic heterocycles. The van der Waals surface area contributed by atoms with Gasteiger partial charge < -0.3 is 9.64 Å². The van der Waals surface area contributed by atoms with E-state index in [1.807, 2.05) is 0 Å². The first-order chi connectivity index (χ1) is 10.2. The number of halogens is 1. The predicted octanol–water partition coefficient (Wildman–Crippen LogP) is 3.41. The molecule has 3 aliphatic rings. The molecule has 0 radical (unpaired) electrons. The highest BCUT2D eigenvalue weighted by Crippen LogP contribution is 2.40. The molecular formula is C17H23BrN2O. The highest BCUT2D eigenvalue weighted by Gasteiger charge is 2.43. The summed E-state index contributed by atoms with van der Waals surface area (Å²) in [6.45, 7) is 1.94. The number of fused-ring (bicyclic) bond motifs is 2. The summed E-state index contributed by atoms with van der Waals surface area (Å²) in [7, 11) is 2.31. The molecule has 114 valence electrons. The van der Waals surface area contributed by atoms with Crippen LogP contribution in [0.3, 0.4) is 0 Å². The Labute approximate surface area is 135 Å². The van der Waals surface area contributed by atoms with Crippen LogP contribution in [0.4, 0.5) is 0 Å². The normalized spacial score (nSPS) is 37.2. The summed E-state index contributed by atoms with van der Waals surface area (Å²) in [6.07, 6.45) is 5.54. The first-order valence-corrected chi connectivity index (χ1v) is 8.86. The molecule has 0 N–H and O–H groups in total. The summed E-state index contributed by atoms with van der Waals surface area (Å²) in [5, 5.41) is 0. The van der Waals surface area contributed by atoms with Crippen LogP contribution in [0.5, 0.6) is 0 Å². The van der Waals surface area contributed by atoms with E-state index in [0.717, 1.165) is 29.7 Å². The second-order valence-corrected chi connectivity index (χ2v) is 7.60. The van der Waals surface area contributed by atoms with E-state index in [1.165, 1.54) is 31.2 Å². The molecule has 3 fully saturated rings. The van der Waals surface area contributed by atoms with Gasteiger partial charge in [0.05, 0.1) is 6.61 Å². The Kier molecular flexibility index (Phi) is 3.82. The maximum absolute atomic E-state index is 6.06. The van der Waals surface area contributed by atoms with Crippen molar-refractivity contribution in [3.05, 3.63) is 34.3 Å². The van der Waals surface area contributed by atoms with Crippen molar-refractivity contribution in [2.24, 2.45) is 0 Å². The summed E-state index contributed by atoms with van der Waals surface area (Å²) in [5.41, 5.74) is 1.29. The van der Waals surface area contributed by atoms with Crippen LogP contribution < -0.4 is 0 Å². The van der Waals surface area contributed by atoms with Gasteiger partial charge in [-0.25, -0.2) is 0 Å². The number of hydrogen-bond donors (Lipinski definition) is 0. The van der Waals surface area contributed by atoms with Gasteiger partial charge in [0, 0.05) is 29.1 Å². The number of benzene rings is 1. The van der Waals surface area contributed by atoms with Crippen LogP contribution in [0.15, 0.2) is 28.7 Å². The third-order valence-electron chi connectivity index (χ3n) is 5.62. The third kappa shape index (κ3) is 2.56. The summed E-state index contributed by atoms with van der Waals surface area (Å²) in [5.74, 6) is 0. The van der Waals surface area contributed by atoms with Crippen LogP contribution in [-0.2, 0) is 4.74 Å². The molecule has 1 unspecified atom stereocenters. The summed E-state index contributed by atoms with van der Waals surface area (Å²) in [4.78, 5) is 5.23. The van der Waals surface area contributed by atoms with Gasteiger partial charge >= 0.3 is 0 Å². The monoisotopic (exact) mass is 350 g/mol. The van der Waals surface area contributed by atoms with Crippen molar-refractivity contribution in [1.29, 1.82) is 0 Å². The molecule has 0 amide bonds. The number of rotatable bonds is 2. The van der Waals surface area contributed by atoms with Gasteiger partial charge in [-0.05, 0) is 50.4 Å². The van der Waals surface area contributed by atoms with Gasteiger partial charge in [-0.15, -0.1) is 0 Å².